The second kappa shape index (κ2) is 9.45. The lowest BCUT2D eigenvalue weighted by molar-refractivity contribution is 0.0939. The van der Waals surface area contributed by atoms with Gasteiger partial charge in [0.05, 0.1) is 7.11 Å². The quantitative estimate of drug-likeness (QED) is 0.651. The molecule has 1 saturated heterocycles. The Kier molecular flexibility index (Phi) is 6.29. The van der Waals surface area contributed by atoms with Gasteiger partial charge in [0.25, 0.3) is 5.91 Å². The van der Waals surface area contributed by atoms with Gasteiger partial charge in [-0.05, 0) is 24.3 Å². The zero-order chi connectivity index (χ0) is 20.8. The molecular weight excluding hydrogens is 380 g/mol. The molecule has 7 heteroatoms. The topological polar surface area (TPSA) is 70.8 Å². The van der Waals surface area contributed by atoms with Crippen LogP contribution in [0.15, 0.2) is 65.2 Å². The number of hydrogen-bond donors (Lipinski definition) is 1. The summed E-state index contributed by atoms with van der Waals surface area (Å²) < 4.78 is 10.5. The summed E-state index contributed by atoms with van der Waals surface area (Å²) in [5.74, 6) is 1.25. The Hall–Kier alpha value is -3.32. The molecule has 1 fully saturated rings. The van der Waals surface area contributed by atoms with E-state index in [1.54, 1.807) is 13.2 Å². The minimum absolute atomic E-state index is 0.210. The number of amides is 1. The first-order valence-corrected chi connectivity index (χ1v) is 10.1. The molecule has 156 valence electrons. The van der Waals surface area contributed by atoms with E-state index >= 15 is 0 Å². The van der Waals surface area contributed by atoms with Crippen LogP contribution in [-0.4, -0.2) is 62.3 Å². The van der Waals surface area contributed by atoms with E-state index in [9.17, 15) is 4.79 Å². The molecule has 1 N–H and O–H groups in total. The van der Waals surface area contributed by atoms with Crippen molar-refractivity contribution in [1.82, 2.24) is 15.4 Å². The molecule has 0 unspecified atom stereocenters. The number of carbonyl (C=O) groups is 1. The Labute approximate surface area is 176 Å². The van der Waals surface area contributed by atoms with E-state index in [0.29, 0.717) is 18.0 Å². The van der Waals surface area contributed by atoms with Gasteiger partial charge in [0.1, 0.15) is 5.75 Å². The molecule has 1 aromatic heterocycles. The van der Waals surface area contributed by atoms with Crippen molar-refractivity contribution in [3.8, 4) is 17.1 Å². The zero-order valence-corrected chi connectivity index (χ0v) is 17.1. The van der Waals surface area contributed by atoms with Crippen LogP contribution in [0, 0.1) is 0 Å². The maximum atomic E-state index is 12.3. The van der Waals surface area contributed by atoms with Crippen LogP contribution in [0.5, 0.6) is 5.75 Å². The lowest BCUT2D eigenvalue weighted by atomic mass is 10.1. The number of ether oxygens (including phenoxy) is 1. The van der Waals surface area contributed by atoms with E-state index in [1.807, 2.05) is 42.5 Å². The largest absolute Gasteiger partial charge is 0.497 e. The Bertz CT molecular complexity index is 948. The number of anilines is 1. The molecule has 1 aliphatic rings. The van der Waals surface area contributed by atoms with Gasteiger partial charge in [-0.3, -0.25) is 9.69 Å². The molecule has 1 aliphatic heterocycles. The molecule has 2 heterocycles. The molecule has 0 atom stereocenters. The molecule has 7 nitrogen and oxygen atoms in total. The number of hydrogen-bond acceptors (Lipinski definition) is 6. The lowest BCUT2D eigenvalue weighted by Crippen LogP contribution is -2.48. The number of rotatable bonds is 7. The summed E-state index contributed by atoms with van der Waals surface area (Å²) in [7, 11) is 1.68. The van der Waals surface area contributed by atoms with Crippen molar-refractivity contribution in [3.05, 3.63) is 66.4 Å². The molecule has 1 amide bonds. The van der Waals surface area contributed by atoms with Gasteiger partial charge >= 0.3 is 0 Å². The van der Waals surface area contributed by atoms with Crippen molar-refractivity contribution in [3.63, 3.8) is 0 Å². The Morgan fingerprint density at radius 2 is 1.80 bits per heavy atom. The van der Waals surface area contributed by atoms with Crippen LogP contribution in [0.4, 0.5) is 5.69 Å². The van der Waals surface area contributed by atoms with Crippen LogP contribution in [0.25, 0.3) is 11.3 Å². The standard InChI is InChI=1S/C23H26N4O3/c1-29-20-9-7-19(8-10-20)27-15-13-26(14-16-27)12-11-24-23(28)21-17-22(30-25-21)18-5-3-2-4-6-18/h2-10,17H,11-16H2,1H3,(H,24,28). The van der Waals surface area contributed by atoms with Crippen molar-refractivity contribution in [2.75, 3.05) is 51.3 Å². The molecule has 4 rings (SSSR count). The fourth-order valence-electron chi connectivity index (χ4n) is 3.56. The van der Waals surface area contributed by atoms with Crippen molar-refractivity contribution in [2.45, 2.75) is 0 Å². The minimum Gasteiger partial charge on any atom is -0.497 e. The van der Waals surface area contributed by atoms with Crippen LogP contribution in [0.3, 0.4) is 0 Å². The van der Waals surface area contributed by atoms with Gasteiger partial charge in [0, 0.05) is 56.6 Å². The Balaban J connectivity index is 1.21. The molecular formula is C23H26N4O3. The summed E-state index contributed by atoms with van der Waals surface area (Å²) in [5.41, 5.74) is 2.42. The van der Waals surface area contributed by atoms with Crippen molar-refractivity contribution in [1.29, 1.82) is 0 Å². The van der Waals surface area contributed by atoms with Gasteiger partial charge < -0.3 is 19.5 Å². The molecule has 3 aromatic rings. The van der Waals surface area contributed by atoms with E-state index in [0.717, 1.165) is 44.0 Å². The molecule has 0 bridgehead atoms. The smallest absolute Gasteiger partial charge is 0.273 e. The number of nitrogens with zero attached hydrogens (tertiary/aromatic N) is 3. The first-order chi connectivity index (χ1) is 14.7. The maximum Gasteiger partial charge on any atom is 0.273 e. The Morgan fingerprint density at radius 1 is 1.07 bits per heavy atom. The van der Waals surface area contributed by atoms with E-state index in [4.69, 9.17) is 9.26 Å². The fourth-order valence-corrected chi connectivity index (χ4v) is 3.56. The highest BCUT2D eigenvalue weighted by Gasteiger charge is 2.18. The normalized spacial score (nSPS) is 14.5. The number of methoxy groups -OCH3 is 1. The van der Waals surface area contributed by atoms with Crippen LogP contribution < -0.4 is 15.0 Å². The van der Waals surface area contributed by atoms with Crippen molar-refractivity contribution < 1.29 is 14.1 Å². The fraction of sp³-hybridized carbons (Fsp3) is 0.304. The van der Waals surface area contributed by atoms with E-state index in [1.165, 1.54) is 5.69 Å². The molecule has 0 aliphatic carbocycles. The van der Waals surface area contributed by atoms with Crippen molar-refractivity contribution in [2.24, 2.45) is 0 Å². The summed E-state index contributed by atoms with van der Waals surface area (Å²) in [6.45, 7) is 5.24. The predicted molar refractivity (Wildman–Crippen MR) is 116 cm³/mol. The number of piperazine rings is 1. The van der Waals surface area contributed by atoms with E-state index in [2.05, 4.69) is 32.4 Å². The van der Waals surface area contributed by atoms with Crippen LogP contribution in [-0.2, 0) is 0 Å². The summed E-state index contributed by atoms with van der Waals surface area (Å²) in [6.07, 6.45) is 0. The van der Waals surface area contributed by atoms with Gasteiger partial charge in [-0.1, -0.05) is 35.5 Å². The van der Waals surface area contributed by atoms with Gasteiger partial charge in [0.2, 0.25) is 0 Å². The average Bonchev–Trinajstić information content (AvgIpc) is 3.31. The minimum atomic E-state index is -0.210. The third-order valence-corrected chi connectivity index (χ3v) is 5.32. The maximum absolute atomic E-state index is 12.3. The second-order valence-corrected chi connectivity index (χ2v) is 7.23. The van der Waals surface area contributed by atoms with Crippen LogP contribution in [0.2, 0.25) is 0 Å². The highest BCUT2D eigenvalue weighted by molar-refractivity contribution is 5.93. The number of aromatic nitrogens is 1. The summed E-state index contributed by atoms with van der Waals surface area (Å²) in [4.78, 5) is 17.1. The molecule has 0 saturated carbocycles. The van der Waals surface area contributed by atoms with Gasteiger partial charge in [0.15, 0.2) is 11.5 Å². The van der Waals surface area contributed by atoms with Gasteiger partial charge in [-0.2, -0.15) is 0 Å². The summed E-state index contributed by atoms with van der Waals surface area (Å²) in [6, 6.07) is 19.5. The third kappa shape index (κ3) is 4.80. The monoisotopic (exact) mass is 406 g/mol. The second-order valence-electron chi connectivity index (χ2n) is 7.23. The molecule has 30 heavy (non-hydrogen) atoms. The van der Waals surface area contributed by atoms with Crippen LogP contribution >= 0.6 is 0 Å². The zero-order valence-electron chi connectivity index (χ0n) is 17.1. The highest BCUT2D eigenvalue weighted by Crippen LogP contribution is 2.21. The summed E-state index contributed by atoms with van der Waals surface area (Å²) >= 11 is 0. The lowest BCUT2D eigenvalue weighted by Gasteiger charge is -2.36. The third-order valence-electron chi connectivity index (χ3n) is 5.32. The number of benzene rings is 2. The first kappa shape index (κ1) is 20.0. The van der Waals surface area contributed by atoms with Crippen molar-refractivity contribution >= 4 is 11.6 Å². The SMILES string of the molecule is COc1ccc(N2CCN(CCNC(=O)c3cc(-c4ccccc4)on3)CC2)cc1. The molecule has 2 aromatic carbocycles. The summed E-state index contributed by atoms with van der Waals surface area (Å²) in [5, 5.41) is 6.83. The average molecular weight is 406 g/mol. The number of nitrogens with one attached hydrogen (secondary N) is 1. The van der Waals surface area contributed by atoms with E-state index < -0.39 is 0 Å². The highest BCUT2D eigenvalue weighted by atomic mass is 16.5. The number of carbonyl (C=O) groups excluding carboxylic acids is 1. The van der Waals surface area contributed by atoms with Crippen LogP contribution in [0.1, 0.15) is 10.5 Å². The predicted octanol–water partition coefficient (Wildman–Crippen LogP) is 2.90. The first-order valence-electron chi connectivity index (χ1n) is 10.1. The van der Waals surface area contributed by atoms with Gasteiger partial charge in [-0.15, -0.1) is 0 Å². The molecule has 0 spiro atoms. The molecule has 0 radical (unpaired) electrons. The van der Waals surface area contributed by atoms with E-state index in [-0.39, 0.29) is 5.91 Å². The Morgan fingerprint density at radius 3 is 2.50 bits per heavy atom. The van der Waals surface area contributed by atoms with Gasteiger partial charge in [-0.25, -0.2) is 0 Å².